The number of nitrogens with zero attached hydrogens (tertiary/aromatic N) is 2. The highest BCUT2D eigenvalue weighted by Gasteiger charge is 2.12. The average molecular weight is 248 g/mol. The molecule has 0 saturated heterocycles. The van der Waals surface area contributed by atoms with Gasteiger partial charge in [-0.2, -0.15) is 5.10 Å². The monoisotopic (exact) mass is 247 g/mol. The minimum absolute atomic E-state index is 0.482. The number of anilines is 1. The van der Waals surface area contributed by atoms with Crippen LogP contribution in [0.1, 0.15) is 20.3 Å². The molecule has 0 atom stereocenters. The van der Waals surface area contributed by atoms with Gasteiger partial charge in [-0.25, -0.2) is 0 Å². The first kappa shape index (κ1) is 10.5. The first-order valence-corrected chi connectivity index (χ1v) is 4.88. The van der Waals surface area contributed by atoms with Crippen LogP contribution in [-0.4, -0.2) is 20.5 Å². The molecule has 0 spiro atoms. The Morgan fingerprint density at radius 3 is 2.69 bits per heavy atom. The summed E-state index contributed by atoms with van der Waals surface area (Å²) in [6.45, 7) is 4.21. The third-order valence-electron chi connectivity index (χ3n) is 1.70. The van der Waals surface area contributed by atoms with E-state index in [0.717, 1.165) is 4.47 Å². The van der Waals surface area contributed by atoms with Gasteiger partial charge in [-0.3, -0.25) is 4.68 Å². The first-order chi connectivity index (χ1) is 5.88. The summed E-state index contributed by atoms with van der Waals surface area (Å²) in [5, 5.41) is 13.5. The summed E-state index contributed by atoms with van der Waals surface area (Å²) in [7, 11) is 0. The highest BCUT2D eigenvalue weighted by molar-refractivity contribution is 9.10. The lowest BCUT2D eigenvalue weighted by Gasteiger charge is -2.16. The molecular formula is C8H14BrN3O. The molecule has 0 aliphatic carbocycles. The predicted molar refractivity (Wildman–Crippen MR) is 55.3 cm³/mol. The zero-order valence-electron chi connectivity index (χ0n) is 7.79. The number of rotatable bonds is 3. The van der Waals surface area contributed by atoms with Gasteiger partial charge in [0.1, 0.15) is 0 Å². The van der Waals surface area contributed by atoms with Crippen LogP contribution in [0.2, 0.25) is 0 Å². The van der Waals surface area contributed by atoms with Crippen LogP contribution >= 0.6 is 15.9 Å². The number of nitrogen functional groups attached to an aromatic ring is 1. The highest BCUT2D eigenvalue weighted by Crippen LogP contribution is 2.17. The SMILES string of the molecule is CC(C)(O)CCn1cc(Br)c(N)n1. The number of aliphatic hydroxyl groups is 1. The molecule has 0 amide bonds. The lowest BCUT2D eigenvalue weighted by Crippen LogP contribution is -2.21. The van der Waals surface area contributed by atoms with E-state index in [4.69, 9.17) is 5.73 Å². The van der Waals surface area contributed by atoms with Crippen LogP contribution in [0.3, 0.4) is 0 Å². The van der Waals surface area contributed by atoms with Crippen molar-refractivity contribution in [1.82, 2.24) is 9.78 Å². The van der Waals surface area contributed by atoms with Gasteiger partial charge in [0.2, 0.25) is 0 Å². The van der Waals surface area contributed by atoms with Gasteiger partial charge in [-0.1, -0.05) is 0 Å². The van der Waals surface area contributed by atoms with E-state index in [2.05, 4.69) is 21.0 Å². The van der Waals surface area contributed by atoms with Crippen LogP contribution in [0.5, 0.6) is 0 Å². The minimum atomic E-state index is -0.660. The molecule has 1 aromatic rings. The summed E-state index contributed by atoms with van der Waals surface area (Å²) in [4.78, 5) is 0. The summed E-state index contributed by atoms with van der Waals surface area (Å²) in [6, 6.07) is 0. The van der Waals surface area contributed by atoms with Gasteiger partial charge in [0.05, 0.1) is 10.1 Å². The zero-order chi connectivity index (χ0) is 10.1. The van der Waals surface area contributed by atoms with Crippen molar-refractivity contribution in [2.75, 3.05) is 5.73 Å². The molecular weight excluding hydrogens is 234 g/mol. The van der Waals surface area contributed by atoms with E-state index in [9.17, 15) is 5.11 Å². The quantitative estimate of drug-likeness (QED) is 0.849. The molecule has 0 aromatic carbocycles. The molecule has 3 N–H and O–H groups in total. The Labute approximate surface area is 85.9 Å². The molecule has 0 bridgehead atoms. The van der Waals surface area contributed by atoms with Crippen LogP contribution in [0, 0.1) is 0 Å². The molecule has 0 aliphatic rings. The van der Waals surface area contributed by atoms with Crippen molar-refractivity contribution < 1.29 is 5.11 Å². The number of hydrogen-bond donors (Lipinski definition) is 2. The number of hydrogen-bond acceptors (Lipinski definition) is 3. The van der Waals surface area contributed by atoms with Crippen molar-refractivity contribution in [1.29, 1.82) is 0 Å². The molecule has 74 valence electrons. The van der Waals surface area contributed by atoms with Gasteiger partial charge in [0.15, 0.2) is 5.82 Å². The Morgan fingerprint density at radius 1 is 1.69 bits per heavy atom. The zero-order valence-corrected chi connectivity index (χ0v) is 9.37. The van der Waals surface area contributed by atoms with Crippen LogP contribution in [-0.2, 0) is 6.54 Å². The van der Waals surface area contributed by atoms with E-state index in [-0.39, 0.29) is 0 Å². The largest absolute Gasteiger partial charge is 0.390 e. The second kappa shape index (κ2) is 3.67. The summed E-state index contributed by atoms with van der Waals surface area (Å²) < 4.78 is 2.51. The van der Waals surface area contributed by atoms with Crippen molar-refractivity contribution in [3.8, 4) is 0 Å². The maximum Gasteiger partial charge on any atom is 0.159 e. The topological polar surface area (TPSA) is 64.1 Å². The molecule has 0 unspecified atom stereocenters. The normalized spacial score (nSPS) is 12.0. The summed E-state index contributed by atoms with van der Waals surface area (Å²) in [5.41, 5.74) is 4.88. The number of aryl methyl sites for hydroxylation is 1. The third-order valence-corrected chi connectivity index (χ3v) is 2.31. The van der Waals surface area contributed by atoms with Crippen molar-refractivity contribution in [3.05, 3.63) is 10.7 Å². The summed E-state index contributed by atoms with van der Waals surface area (Å²) in [5.74, 6) is 0.482. The van der Waals surface area contributed by atoms with Gasteiger partial charge >= 0.3 is 0 Å². The lowest BCUT2D eigenvalue weighted by molar-refractivity contribution is 0.0651. The van der Waals surface area contributed by atoms with E-state index >= 15 is 0 Å². The fourth-order valence-electron chi connectivity index (χ4n) is 0.915. The molecule has 0 radical (unpaired) electrons. The Morgan fingerprint density at radius 2 is 2.31 bits per heavy atom. The van der Waals surface area contributed by atoms with Gasteiger partial charge < -0.3 is 10.8 Å². The van der Waals surface area contributed by atoms with Gasteiger partial charge in [-0.15, -0.1) is 0 Å². The van der Waals surface area contributed by atoms with E-state index < -0.39 is 5.60 Å². The fourth-order valence-corrected chi connectivity index (χ4v) is 1.23. The molecule has 1 aromatic heterocycles. The second-order valence-corrected chi connectivity index (χ2v) is 4.54. The molecule has 0 aliphatic heterocycles. The Balaban J connectivity index is 2.56. The Kier molecular flexibility index (Phi) is 2.98. The number of nitrogens with two attached hydrogens (primary N) is 1. The average Bonchev–Trinajstić information content (AvgIpc) is 2.27. The lowest BCUT2D eigenvalue weighted by atomic mass is 10.1. The van der Waals surface area contributed by atoms with E-state index in [1.165, 1.54) is 0 Å². The van der Waals surface area contributed by atoms with Gasteiger partial charge in [-0.05, 0) is 36.2 Å². The standard InChI is InChI=1S/C8H14BrN3O/c1-8(2,13)3-4-12-5-6(9)7(10)11-12/h5,13H,3-4H2,1-2H3,(H2,10,11). The van der Waals surface area contributed by atoms with E-state index in [1.807, 2.05) is 0 Å². The van der Waals surface area contributed by atoms with E-state index in [1.54, 1.807) is 24.7 Å². The molecule has 1 rings (SSSR count). The number of aromatic nitrogens is 2. The molecule has 5 heteroatoms. The van der Waals surface area contributed by atoms with E-state index in [0.29, 0.717) is 18.8 Å². The maximum absolute atomic E-state index is 9.47. The van der Waals surface area contributed by atoms with Gasteiger partial charge in [0.25, 0.3) is 0 Å². The molecule has 13 heavy (non-hydrogen) atoms. The Bertz CT molecular complexity index is 271. The van der Waals surface area contributed by atoms with Crippen molar-refractivity contribution in [2.45, 2.75) is 32.4 Å². The summed E-state index contributed by atoms with van der Waals surface area (Å²) in [6.07, 6.45) is 2.46. The van der Waals surface area contributed by atoms with Crippen LogP contribution in [0.4, 0.5) is 5.82 Å². The predicted octanol–water partition coefficient (Wildman–Crippen LogP) is 1.39. The molecule has 0 saturated carbocycles. The maximum atomic E-state index is 9.47. The van der Waals surface area contributed by atoms with Gasteiger partial charge in [0, 0.05) is 12.7 Å². The highest BCUT2D eigenvalue weighted by atomic mass is 79.9. The smallest absolute Gasteiger partial charge is 0.159 e. The summed E-state index contributed by atoms with van der Waals surface area (Å²) >= 11 is 3.27. The molecule has 4 nitrogen and oxygen atoms in total. The number of halogens is 1. The minimum Gasteiger partial charge on any atom is -0.390 e. The van der Waals surface area contributed by atoms with Crippen molar-refractivity contribution >= 4 is 21.7 Å². The van der Waals surface area contributed by atoms with Crippen molar-refractivity contribution in [2.24, 2.45) is 0 Å². The van der Waals surface area contributed by atoms with Crippen LogP contribution in [0.15, 0.2) is 10.7 Å². The Hall–Kier alpha value is -0.550. The fraction of sp³-hybridized carbons (Fsp3) is 0.625. The third kappa shape index (κ3) is 3.36. The second-order valence-electron chi connectivity index (χ2n) is 3.69. The molecule has 1 heterocycles. The molecule has 0 fully saturated rings. The first-order valence-electron chi connectivity index (χ1n) is 4.09. The van der Waals surface area contributed by atoms with Crippen LogP contribution in [0.25, 0.3) is 0 Å². The van der Waals surface area contributed by atoms with Crippen LogP contribution < -0.4 is 5.73 Å². The van der Waals surface area contributed by atoms with Crippen molar-refractivity contribution in [3.63, 3.8) is 0 Å².